The van der Waals surface area contributed by atoms with Gasteiger partial charge in [0.2, 0.25) is 5.91 Å². The predicted molar refractivity (Wildman–Crippen MR) is 66.9 cm³/mol. The Bertz CT molecular complexity index is 554. The minimum absolute atomic E-state index is 0.0353. The minimum atomic E-state index is -0.491. The summed E-state index contributed by atoms with van der Waals surface area (Å²) in [5, 5.41) is 0. The van der Waals surface area contributed by atoms with E-state index in [0.29, 0.717) is 11.4 Å². The van der Waals surface area contributed by atoms with Crippen molar-refractivity contribution >= 4 is 23.3 Å². The number of amides is 1. The monoisotopic (exact) mass is 262 g/mol. The van der Waals surface area contributed by atoms with Crippen LogP contribution in [-0.4, -0.2) is 35.8 Å². The smallest absolute Gasteiger partial charge is 0.339 e. The van der Waals surface area contributed by atoms with Gasteiger partial charge in [-0.1, -0.05) is 0 Å². The summed E-state index contributed by atoms with van der Waals surface area (Å²) in [7, 11) is 0. The molecule has 1 saturated heterocycles. The van der Waals surface area contributed by atoms with Crippen LogP contribution in [0.15, 0.2) is 12.3 Å². The molecule has 0 aliphatic carbocycles. The molecule has 6 nitrogen and oxygen atoms in total. The maximum absolute atomic E-state index is 11.7. The highest BCUT2D eigenvalue weighted by atomic mass is 16.5. The van der Waals surface area contributed by atoms with E-state index >= 15 is 0 Å². The third kappa shape index (κ3) is 2.62. The first-order valence-electron chi connectivity index (χ1n) is 5.98. The third-order valence-corrected chi connectivity index (χ3v) is 2.85. The van der Waals surface area contributed by atoms with Crippen molar-refractivity contribution in [3.63, 3.8) is 0 Å². The molecule has 0 N–H and O–H groups in total. The van der Waals surface area contributed by atoms with Crippen molar-refractivity contribution in [3.8, 4) is 0 Å². The molecule has 1 aliphatic heterocycles. The van der Waals surface area contributed by atoms with Crippen LogP contribution in [0.2, 0.25) is 0 Å². The lowest BCUT2D eigenvalue weighted by molar-refractivity contribution is -0.121. The van der Waals surface area contributed by atoms with Crippen LogP contribution in [0, 0.1) is 6.92 Å². The molecule has 1 aliphatic rings. The molecule has 0 spiro atoms. The van der Waals surface area contributed by atoms with Gasteiger partial charge < -0.3 is 9.64 Å². The molecule has 0 saturated carbocycles. The lowest BCUT2D eigenvalue weighted by atomic mass is 10.2. The van der Waals surface area contributed by atoms with E-state index in [1.807, 2.05) is 0 Å². The van der Waals surface area contributed by atoms with Gasteiger partial charge in [-0.2, -0.15) is 0 Å². The van der Waals surface area contributed by atoms with E-state index in [2.05, 4.69) is 4.98 Å². The fourth-order valence-corrected chi connectivity index (χ4v) is 1.92. The van der Waals surface area contributed by atoms with Gasteiger partial charge in [-0.25, -0.2) is 4.79 Å². The topological polar surface area (TPSA) is 76.6 Å². The van der Waals surface area contributed by atoms with Crippen LogP contribution in [-0.2, 0) is 14.3 Å². The maximum atomic E-state index is 11.7. The van der Waals surface area contributed by atoms with E-state index in [9.17, 15) is 14.4 Å². The Morgan fingerprint density at radius 1 is 1.47 bits per heavy atom. The average Bonchev–Trinajstić information content (AvgIpc) is 2.69. The van der Waals surface area contributed by atoms with Gasteiger partial charge in [-0.15, -0.1) is 0 Å². The van der Waals surface area contributed by atoms with Gasteiger partial charge in [0.1, 0.15) is 0 Å². The number of aryl methyl sites for hydroxylation is 1. The Balaban J connectivity index is 2.35. The number of rotatable bonds is 3. The standard InChI is InChI=1S/C13H14N2O4/c1-3-19-13(18)9-4-11(8(2)14-6-9)15-7-10(16)5-12(15)17/h4,6H,3,5,7H2,1-2H3. The number of ether oxygens (including phenoxy) is 1. The number of pyridine rings is 1. The van der Waals surface area contributed by atoms with E-state index in [-0.39, 0.29) is 36.8 Å². The number of hydrogen-bond acceptors (Lipinski definition) is 5. The quantitative estimate of drug-likeness (QED) is 0.596. The van der Waals surface area contributed by atoms with Crippen LogP contribution < -0.4 is 4.90 Å². The number of anilines is 1. The molecule has 0 aromatic carbocycles. The molecule has 2 heterocycles. The second-order valence-electron chi connectivity index (χ2n) is 4.24. The summed E-state index contributed by atoms with van der Waals surface area (Å²) in [5.74, 6) is -0.893. The summed E-state index contributed by atoms with van der Waals surface area (Å²) in [6.07, 6.45) is 1.31. The molecule has 1 aromatic heterocycles. The number of ketones is 1. The largest absolute Gasteiger partial charge is 0.462 e. The lowest BCUT2D eigenvalue weighted by Gasteiger charge is -2.17. The summed E-state index contributed by atoms with van der Waals surface area (Å²) < 4.78 is 4.88. The molecule has 0 atom stereocenters. The Kier molecular flexibility index (Phi) is 3.59. The van der Waals surface area contributed by atoms with Crippen molar-refractivity contribution in [3.05, 3.63) is 23.5 Å². The average molecular weight is 262 g/mol. The molecule has 2 rings (SSSR count). The second kappa shape index (κ2) is 5.17. The first-order chi connectivity index (χ1) is 9.02. The fraction of sp³-hybridized carbons (Fsp3) is 0.385. The summed E-state index contributed by atoms with van der Waals surface area (Å²) in [6.45, 7) is 3.74. The molecule has 0 unspecified atom stereocenters. The van der Waals surface area contributed by atoms with Crippen LogP contribution in [0.3, 0.4) is 0 Å². The molecule has 100 valence electrons. The van der Waals surface area contributed by atoms with Gasteiger partial charge in [-0.3, -0.25) is 14.6 Å². The van der Waals surface area contributed by atoms with E-state index in [0.717, 1.165) is 0 Å². The summed E-state index contributed by atoms with van der Waals surface area (Å²) in [6, 6.07) is 1.54. The van der Waals surface area contributed by atoms with Crippen molar-refractivity contribution in [1.29, 1.82) is 0 Å². The first kappa shape index (κ1) is 13.2. The maximum Gasteiger partial charge on any atom is 0.339 e. The molecular weight excluding hydrogens is 248 g/mol. The van der Waals surface area contributed by atoms with Crippen molar-refractivity contribution in [1.82, 2.24) is 4.98 Å². The molecule has 1 aromatic rings. The van der Waals surface area contributed by atoms with E-state index < -0.39 is 5.97 Å². The van der Waals surface area contributed by atoms with Crippen LogP contribution in [0.5, 0.6) is 0 Å². The number of esters is 1. The Labute approximate surface area is 110 Å². The van der Waals surface area contributed by atoms with Crippen molar-refractivity contribution in [2.75, 3.05) is 18.1 Å². The highest BCUT2D eigenvalue weighted by molar-refractivity contribution is 6.15. The number of Topliss-reactive ketones (excluding diaryl/α,β-unsaturated/α-hetero) is 1. The van der Waals surface area contributed by atoms with Gasteiger partial charge in [0.25, 0.3) is 0 Å². The van der Waals surface area contributed by atoms with Crippen LogP contribution in [0.1, 0.15) is 29.4 Å². The van der Waals surface area contributed by atoms with Gasteiger partial charge in [0.15, 0.2) is 5.78 Å². The normalized spacial score (nSPS) is 14.9. The van der Waals surface area contributed by atoms with E-state index in [1.54, 1.807) is 13.8 Å². The Morgan fingerprint density at radius 2 is 2.21 bits per heavy atom. The van der Waals surface area contributed by atoms with Gasteiger partial charge in [-0.05, 0) is 19.9 Å². The zero-order valence-electron chi connectivity index (χ0n) is 10.8. The van der Waals surface area contributed by atoms with Gasteiger partial charge in [0, 0.05) is 6.20 Å². The zero-order valence-corrected chi connectivity index (χ0v) is 10.8. The predicted octanol–water partition coefficient (Wildman–Crippen LogP) is 0.873. The molecular formula is C13H14N2O4. The van der Waals surface area contributed by atoms with Crippen molar-refractivity contribution in [2.45, 2.75) is 20.3 Å². The molecule has 1 amide bonds. The fourth-order valence-electron chi connectivity index (χ4n) is 1.92. The van der Waals surface area contributed by atoms with Crippen molar-refractivity contribution < 1.29 is 19.1 Å². The molecule has 1 fully saturated rings. The van der Waals surface area contributed by atoms with Crippen molar-refractivity contribution in [2.24, 2.45) is 0 Å². The molecule has 19 heavy (non-hydrogen) atoms. The van der Waals surface area contributed by atoms with Crippen LogP contribution >= 0.6 is 0 Å². The first-order valence-corrected chi connectivity index (χ1v) is 5.98. The number of aromatic nitrogens is 1. The molecule has 6 heteroatoms. The lowest BCUT2D eigenvalue weighted by Crippen LogP contribution is -2.26. The summed E-state index contributed by atoms with van der Waals surface area (Å²) >= 11 is 0. The number of carbonyl (C=O) groups excluding carboxylic acids is 3. The molecule has 0 radical (unpaired) electrons. The third-order valence-electron chi connectivity index (χ3n) is 2.85. The Hall–Kier alpha value is -2.24. The van der Waals surface area contributed by atoms with E-state index in [1.165, 1.54) is 17.2 Å². The highest BCUT2D eigenvalue weighted by Crippen LogP contribution is 2.24. The van der Waals surface area contributed by atoms with E-state index in [4.69, 9.17) is 4.74 Å². The number of nitrogens with zero attached hydrogens (tertiary/aromatic N) is 2. The van der Waals surface area contributed by atoms with Gasteiger partial charge in [0.05, 0.1) is 36.5 Å². The summed E-state index contributed by atoms with van der Waals surface area (Å²) in [4.78, 5) is 40.1. The number of hydrogen-bond donors (Lipinski definition) is 0. The molecule has 0 bridgehead atoms. The zero-order chi connectivity index (χ0) is 14.0. The SMILES string of the molecule is CCOC(=O)c1cnc(C)c(N2CC(=O)CC2=O)c1. The Morgan fingerprint density at radius 3 is 2.79 bits per heavy atom. The van der Waals surface area contributed by atoms with Crippen LogP contribution in [0.4, 0.5) is 5.69 Å². The van der Waals surface area contributed by atoms with Gasteiger partial charge >= 0.3 is 5.97 Å². The van der Waals surface area contributed by atoms with Crippen LogP contribution in [0.25, 0.3) is 0 Å². The number of carbonyl (C=O) groups is 3. The summed E-state index contributed by atoms with van der Waals surface area (Å²) in [5.41, 5.74) is 1.35. The minimum Gasteiger partial charge on any atom is -0.462 e. The second-order valence-corrected chi connectivity index (χ2v) is 4.24. The highest BCUT2D eigenvalue weighted by Gasteiger charge is 2.30.